The van der Waals surface area contributed by atoms with Gasteiger partial charge in [-0.3, -0.25) is 4.79 Å². The Labute approximate surface area is 220 Å². The molecule has 0 spiro atoms. The predicted molar refractivity (Wildman–Crippen MR) is 137 cm³/mol. The second kappa shape index (κ2) is 10.4. The summed E-state index contributed by atoms with van der Waals surface area (Å²) in [5.74, 6) is 0.504. The lowest BCUT2D eigenvalue weighted by atomic mass is 9.93. The van der Waals surface area contributed by atoms with Crippen LogP contribution in [-0.2, 0) is 17.8 Å². The summed E-state index contributed by atoms with van der Waals surface area (Å²) in [7, 11) is 0. The molecule has 0 amide bonds. The van der Waals surface area contributed by atoms with Gasteiger partial charge in [0.25, 0.3) is 0 Å². The van der Waals surface area contributed by atoms with Gasteiger partial charge in [0.2, 0.25) is 5.88 Å². The molecule has 0 aliphatic heterocycles. The summed E-state index contributed by atoms with van der Waals surface area (Å²) in [6.45, 7) is 5.07. The molecule has 0 saturated heterocycles. The first-order valence-corrected chi connectivity index (χ1v) is 12.8. The molecular formula is C30H31F2NO5. The van der Waals surface area contributed by atoms with Gasteiger partial charge in [-0.15, -0.1) is 0 Å². The van der Waals surface area contributed by atoms with Gasteiger partial charge in [-0.1, -0.05) is 0 Å². The highest BCUT2D eigenvalue weighted by molar-refractivity contribution is 5.84. The number of rotatable bonds is 10. The zero-order valence-corrected chi connectivity index (χ0v) is 21.6. The molecule has 1 heterocycles. The number of aryl methyl sites for hydroxylation is 2. The van der Waals surface area contributed by atoms with Crippen molar-refractivity contribution < 1.29 is 33.3 Å². The standard InChI is InChI=1S/C30H31F2NO5/c1-15-6-21(37-5-4-20(36)13-34)7-16(2)28(15)22-9-19(25(31)11-26(22)32)14-38-27-10-18-8-23-29(17(3)35)30(23)24(18)12-33-27/h6-7,9-12,20,23,29-30,34,36H,4-5,8,13-14H2,1-3H3/t20-,23-,29-,30+/m0/s1. The van der Waals surface area contributed by atoms with Crippen molar-refractivity contribution in [1.29, 1.82) is 0 Å². The van der Waals surface area contributed by atoms with Gasteiger partial charge in [0.1, 0.15) is 29.8 Å². The molecule has 1 aromatic heterocycles. The van der Waals surface area contributed by atoms with E-state index in [1.54, 1.807) is 25.3 Å². The van der Waals surface area contributed by atoms with Gasteiger partial charge >= 0.3 is 0 Å². The maximum atomic E-state index is 14.9. The van der Waals surface area contributed by atoms with E-state index in [9.17, 15) is 18.7 Å². The van der Waals surface area contributed by atoms with Crippen molar-refractivity contribution >= 4 is 5.78 Å². The Balaban J connectivity index is 1.31. The SMILES string of the molecule is CC(=O)[C@H]1[C@@H]2Cc3cc(OCc4cc(-c5c(C)cc(OCC[C@H](O)CO)cc5C)c(F)cc4F)ncc3[C@@H]21. The maximum Gasteiger partial charge on any atom is 0.213 e. The second-order valence-electron chi connectivity index (χ2n) is 10.4. The highest BCUT2D eigenvalue weighted by atomic mass is 19.1. The zero-order chi connectivity index (χ0) is 27.1. The fourth-order valence-corrected chi connectivity index (χ4v) is 5.79. The van der Waals surface area contributed by atoms with E-state index in [1.807, 2.05) is 19.9 Å². The Hall–Kier alpha value is -3.36. The van der Waals surface area contributed by atoms with Crippen molar-refractivity contribution in [3.8, 4) is 22.8 Å². The number of aliphatic hydroxyl groups is 2. The Morgan fingerprint density at radius 2 is 1.84 bits per heavy atom. The molecule has 0 bridgehead atoms. The molecule has 2 aromatic carbocycles. The lowest BCUT2D eigenvalue weighted by Crippen LogP contribution is -2.15. The third-order valence-corrected chi connectivity index (χ3v) is 7.67. The van der Waals surface area contributed by atoms with Gasteiger partial charge in [0.05, 0.1) is 19.3 Å². The number of ether oxygens (including phenoxy) is 2. The number of hydrogen-bond donors (Lipinski definition) is 2. The molecule has 38 heavy (non-hydrogen) atoms. The minimum absolute atomic E-state index is 0.106. The lowest BCUT2D eigenvalue weighted by Gasteiger charge is -2.16. The number of halogens is 2. The van der Waals surface area contributed by atoms with Crippen molar-refractivity contribution in [3.05, 3.63) is 76.0 Å². The number of carbonyl (C=O) groups excluding carboxylic acids is 1. The van der Waals surface area contributed by atoms with Gasteiger partial charge in [-0.25, -0.2) is 13.8 Å². The van der Waals surface area contributed by atoms with Crippen LogP contribution >= 0.6 is 0 Å². The van der Waals surface area contributed by atoms with Crippen molar-refractivity contribution in [2.45, 2.75) is 52.2 Å². The minimum Gasteiger partial charge on any atom is -0.493 e. The maximum absolute atomic E-state index is 14.9. The fraction of sp³-hybridized carbons (Fsp3) is 0.400. The van der Waals surface area contributed by atoms with Crippen LogP contribution in [0, 0.1) is 37.3 Å². The quantitative estimate of drug-likeness (QED) is 0.396. The van der Waals surface area contributed by atoms with Gasteiger partial charge in [0.15, 0.2) is 0 Å². The highest BCUT2D eigenvalue weighted by Crippen LogP contribution is 2.61. The number of hydrogen-bond acceptors (Lipinski definition) is 6. The monoisotopic (exact) mass is 523 g/mol. The molecule has 1 saturated carbocycles. The Kier molecular flexibility index (Phi) is 7.20. The number of fused-ring (bicyclic) bond motifs is 3. The van der Waals surface area contributed by atoms with Crippen LogP contribution in [0.4, 0.5) is 8.78 Å². The molecule has 1 fully saturated rings. The van der Waals surface area contributed by atoms with Crippen LogP contribution in [0.25, 0.3) is 11.1 Å². The van der Waals surface area contributed by atoms with Crippen LogP contribution in [0.1, 0.15) is 47.1 Å². The van der Waals surface area contributed by atoms with E-state index in [4.69, 9.17) is 14.6 Å². The number of benzene rings is 2. The van der Waals surface area contributed by atoms with Gasteiger partial charge in [-0.2, -0.15) is 0 Å². The summed E-state index contributed by atoms with van der Waals surface area (Å²) in [6, 6.07) is 7.73. The average molecular weight is 524 g/mol. The predicted octanol–water partition coefficient (Wildman–Crippen LogP) is 4.82. The normalized spacial score (nSPS) is 20.0. The van der Waals surface area contributed by atoms with Crippen molar-refractivity contribution in [1.82, 2.24) is 4.98 Å². The van der Waals surface area contributed by atoms with Crippen molar-refractivity contribution in [2.75, 3.05) is 13.2 Å². The molecule has 200 valence electrons. The molecule has 2 aliphatic carbocycles. The largest absolute Gasteiger partial charge is 0.493 e. The summed E-state index contributed by atoms with van der Waals surface area (Å²) in [5, 5.41) is 18.4. The molecule has 8 heteroatoms. The Morgan fingerprint density at radius 1 is 1.11 bits per heavy atom. The fourth-order valence-electron chi connectivity index (χ4n) is 5.79. The third-order valence-electron chi connectivity index (χ3n) is 7.67. The minimum atomic E-state index is -0.845. The Bertz CT molecular complexity index is 1370. The number of aliphatic hydroxyl groups excluding tert-OH is 2. The molecule has 6 nitrogen and oxygen atoms in total. The molecule has 0 radical (unpaired) electrons. The van der Waals surface area contributed by atoms with E-state index >= 15 is 0 Å². The van der Waals surface area contributed by atoms with Crippen LogP contribution < -0.4 is 9.47 Å². The smallest absolute Gasteiger partial charge is 0.213 e. The van der Waals surface area contributed by atoms with Gasteiger partial charge in [0, 0.05) is 41.8 Å². The third kappa shape index (κ3) is 5.02. The summed E-state index contributed by atoms with van der Waals surface area (Å²) in [4.78, 5) is 16.1. The van der Waals surface area contributed by atoms with Crippen LogP contribution in [0.15, 0.2) is 36.5 Å². The number of Topliss-reactive ketones (excluding diaryl/α,β-unsaturated/α-hetero) is 1. The number of pyridine rings is 1. The van der Waals surface area contributed by atoms with Gasteiger partial charge in [-0.05, 0) is 85.0 Å². The lowest BCUT2D eigenvalue weighted by molar-refractivity contribution is -0.118. The molecular weight excluding hydrogens is 492 g/mol. The van der Waals surface area contributed by atoms with Gasteiger partial charge < -0.3 is 19.7 Å². The van der Waals surface area contributed by atoms with E-state index in [2.05, 4.69) is 4.98 Å². The van der Waals surface area contributed by atoms with Crippen LogP contribution in [0.5, 0.6) is 11.6 Å². The van der Waals surface area contributed by atoms with Crippen LogP contribution in [0.3, 0.4) is 0 Å². The highest BCUT2D eigenvalue weighted by Gasteiger charge is 2.58. The molecule has 0 unspecified atom stereocenters. The first kappa shape index (κ1) is 26.3. The van der Waals surface area contributed by atoms with E-state index in [1.165, 1.54) is 6.07 Å². The first-order valence-electron chi connectivity index (χ1n) is 12.8. The number of aromatic nitrogens is 1. The first-order chi connectivity index (χ1) is 18.2. The number of nitrogens with zero attached hydrogens (tertiary/aromatic N) is 1. The Morgan fingerprint density at radius 3 is 2.53 bits per heavy atom. The number of carbonyl (C=O) groups is 1. The summed E-state index contributed by atoms with van der Waals surface area (Å²) in [6.07, 6.45) is 2.01. The molecule has 2 aliphatic rings. The topological polar surface area (TPSA) is 88.9 Å². The van der Waals surface area contributed by atoms with E-state index in [0.29, 0.717) is 23.1 Å². The summed E-state index contributed by atoms with van der Waals surface area (Å²) < 4.78 is 41.2. The van der Waals surface area contributed by atoms with Crippen molar-refractivity contribution in [2.24, 2.45) is 11.8 Å². The average Bonchev–Trinajstić information content (AvgIpc) is 3.46. The van der Waals surface area contributed by atoms with E-state index < -0.39 is 17.7 Å². The zero-order valence-electron chi connectivity index (χ0n) is 21.6. The molecule has 4 atom stereocenters. The summed E-state index contributed by atoms with van der Waals surface area (Å²) >= 11 is 0. The van der Waals surface area contributed by atoms with Crippen LogP contribution in [0.2, 0.25) is 0 Å². The van der Waals surface area contributed by atoms with Crippen molar-refractivity contribution in [3.63, 3.8) is 0 Å². The van der Waals surface area contributed by atoms with E-state index in [0.717, 1.165) is 34.7 Å². The molecule has 5 rings (SSSR count). The van der Waals surface area contributed by atoms with E-state index in [-0.39, 0.29) is 55.0 Å². The summed E-state index contributed by atoms with van der Waals surface area (Å²) in [5.41, 5.74) is 4.83. The second-order valence-corrected chi connectivity index (χ2v) is 10.4. The molecule has 3 aromatic rings. The molecule has 2 N–H and O–H groups in total. The number of ketones is 1. The van der Waals surface area contributed by atoms with Crippen LogP contribution in [-0.4, -0.2) is 40.3 Å².